The van der Waals surface area contributed by atoms with Crippen LogP contribution in [0.5, 0.6) is 0 Å². The van der Waals surface area contributed by atoms with Gasteiger partial charge in [0.2, 0.25) is 0 Å². The van der Waals surface area contributed by atoms with E-state index in [9.17, 15) is 10.2 Å². The van der Waals surface area contributed by atoms with Crippen molar-refractivity contribution >= 4 is 0 Å². The van der Waals surface area contributed by atoms with Gasteiger partial charge in [-0.15, -0.1) is 0 Å². The fraction of sp³-hybridized carbons (Fsp3) is 1.00. The standard InChI is InChI=1S/C25H45NO2/c1-24-12-10-18(27)15-17(24)8-9-19-20(24)11-13-25(2)21(23(28)16-22(19)25)7-5-3-4-6-14-26/h17-23,27-28H,3-16,26H2,1-2H3. The van der Waals surface area contributed by atoms with Crippen molar-refractivity contribution in [2.75, 3.05) is 6.54 Å². The van der Waals surface area contributed by atoms with Gasteiger partial charge >= 0.3 is 0 Å². The number of aliphatic hydroxyl groups excluding tert-OH is 2. The van der Waals surface area contributed by atoms with Crippen molar-refractivity contribution in [2.24, 2.45) is 46.2 Å². The summed E-state index contributed by atoms with van der Waals surface area (Å²) in [5, 5.41) is 21.3. The van der Waals surface area contributed by atoms with Gasteiger partial charge in [-0.25, -0.2) is 0 Å². The molecule has 162 valence electrons. The van der Waals surface area contributed by atoms with E-state index in [1.165, 1.54) is 57.8 Å². The van der Waals surface area contributed by atoms with E-state index in [0.29, 0.717) is 16.7 Å². The van der Waals surface area contributed by atoms with Gasteiger partial charge in [0.05, 0.1) is 12.2 Å². The lowest BCUT2D eigenvalue weighted by Gasteiger charge is -2.61. The molecule has 0 heterocycles. The number of rotatable bonds is 6. The first-order chi connectivity index (χ1) is 13.4. The van der Waals surface area contributed by atoms with Crippen molar-refractivity contribution in [3.8, 4) is 0 Å². The molecule has 9 atom stereocenters. The largest absolute Gasteiger partial charge is 0.393 e. The van der Waals surface area contributed by atoms with Gasteiger partial charge in [-0.05, 0) is 111 Å². The Kier molecular flexibility index (Phi) is 6.18. The second-order valence-corrected chi connectivity index (χ2v) is 11.5. The highest BCUT2D eigenvalue weighted by Gasteiger charge is 2.61. The second-order valence-electron chi connectivity index (χ2n) is 11.5. The normalized spacial score (nSPS) is 50.7. The second kappa shape index (κ2) is 8.19. The van der Waals surface area contributed by atoms with Crippen LogP contribution >= 0.6 is 0 Å². The molecule has 4 N–H and O–H groups in total. The smallest absolute Gasteiger partial charge is 0.0576 e. The van der Waals surface area contributed by atoms with E-state index in [4.69, 9.17) is 5.73 Å². The van der Waals surface area contributed by atoms with Crippen LogP contribution < -0.4 is 5.73 Å². The predicted octanol–water partition coefficient (Wildman–Crippen LogP) is 4.89. The molecule has 4 aliphatic rings. The molecular weight excluding hydrogens is 346 g/mol. The lowest BCUT2D eigenvalue weighted by atomic mass is 9.44. The van der Waals surface area contributed by atoms with Gasteiger partial charge in [0.25, 0.3) is 0 Å². The molecule has 3 heteroatoms. The Morgan fingerprint density at radius 1 is 0.821 bits per heavy atom. The Morgan fingerprint density at radius 2 is 1.57 bits per heavy atom. The molecule has 0 spiro atoms. The molecule has 0 amide bonds. The maximum absolute atomic E-state index is 11.1. The van der Waals surface area contributed by atoms with Crippen molar-refractivity contribution in [3.63, 3.8) is 0 Å². The average Bonchev–Trinajstić information content (AvgIpc) is 2.92. The number of fused-ring (bicyclic) bond motifs is 5. The molecule has 4 saturated carbocycles. The van der Waals surface area contributed by atoms with Crippen molar-refractivity contribution < 1.29 is 10.2 Å². The molecule has 9 unspecified atom stereocenters. The van der Waals surface area contributed by atoms with Crippen molar-refractivity contribution in [1.29, 1.82) is 0 Å². The van der Waals surface area contributed by atoms with Gasteiger partial charge in [-0.1, -0.05) is 33.1 Å². The Bertz CT molecular complexity index is 539. The van der Waals surface area contributed by atoms with Crippen LogP contribution in [-0.4, -0.2) is 29.0 Å². The van der Waals surface area contributed by atoms with E-state index in [1.807, 2.05) is 0 Å². The Hall–Kier alpha value is -0.120. The summed E-state index contributed by atoms with van der Waals surface area (Å²) in [7, 11) is 0. The maximum Gasteiger partial charge on any atom is 0.0576 e. The Morgan fingerprint density at radius 3 is 2.36 bits per heavy atom. The van der Waals surface area contributed by atoms with E-state index in [0.717, 1.165) is 55.9 Å². The van der Waals surface area contributed by atoms with Crippen LogP contribution in [0.1, 0.15) is 97.3 Å². The molecule has 0 aromatic rings. The van der Waals surface area contributed by atoms with E-state index in [2.05, 4.69) is 13.8 Å². The van der Waals surface area contributed by atoms with E-state index in [-0.39, 0.29) is 12.2 Å². The molecule has 4 rings (SSSR count). The van der Waals surface area contributed by atoms with Crippen LogP contribution in [0, 0.1) is 40.4 Å². The molecule has 0 radical (unpaired) electrons. The van der Waals surface area contributed by atoms with Crippen molar-refractivity contribution in [1.82, 2.24) is 0 Å². The van der Waals surface area contributed by atoms with Crippen LogP contribution in [-0.2, 0) is 0 Å². The monoisotopic (exact) mass is 391 g/mol. The number of hydrogen-bond acceptors (Lipinski definition) is 3. The minimum Gasteiger partial charge on any atom is -0.393 e. The summed E-state index contributed by atoms with van der Waals surface area (Å²) < 4.78 is 0. The van der Waals surface area contributed by atoms with Gasteiger partial charge in [0.15, 0.2) is 0 Å². The summed E-state index contributed by atoms with van der Waals surface area (Å²) in [5.74, 6) is 3.60. The van der Waals surface area contributed by atoms with E-state index < -0.39 is 0 Å². The first kappa shape index (κ1) is 21.1. The summed E-state index contributed by atoms with van der Waals surface area (Å²) in [5.41, 5.74) is 6.43. The third kappa shape index (κ3) is 3.48. The lowest BCUT2D eigenvalue weighted by molar-refractivity contribution is -0.127. The SMILES string of the molecule is CC12CCC(O)CC1CCC1C2CCC2(C)C(CCCCCCN)C(O)CC12. The minimum absolute atomic E-state index is 0.0552. The third-order valence-corrected chi connectivity index (χ3v) is 10.4. The van der Waals surface area contributed by atoms with Crippen molar-refractivity contribution in [2.45, 2.75) is 110 Å². The van der Waals surface area contributed by atoms with Gasteiger partial charge in [0, 0.05) is 0 Å². The maximum atomic E-state index is 11.1. The molecule has 0 aromatic heterocycles. The quantitative estimate of drug-likeness (QED) is 0.565. The zero-order chi connectivity index (χ0) is 19.9. The molecule has 0 bridgehead atoms. The number of aliphatic hydroxyl groups is 2. The topological polar surface area (TPSA) is 66.5 Å². The van der Waals surface area contributed by atoms with Crippen molar-refractivity contribution in [3.05, 3.63) is 0 Å². The van der Waals surface area contributed by atoms with Crippen LogP contribution in [0.2, 0.25) is 0 Å². The summed E-state index contributed by atoms with van der Waals surface area (Å²) in [6, 6.07) is 0. The summed E-state index contributed by atoms with van der Waals surface area (Å²) in [6.45, 7) is 5.91. The molecule has 0 aliphatic heterocycles. The van der Waals surface area contributed by atoms with Crippen LogP contribution in [0.15, 0.2) is 0 Å². The highest BCUT2D eigenvalue weighted by Crippen LogP contribution is 2.67. The fourth-order valence-corrected chi connectivity index (χ4v) is 8.74. The van der Waals surface area contributed by atoms with E-state index >= 15 is 0 Å². The van der Waals surface area contributed by atoms with Crippen LogP contribution in [0.25, 0.3) is 0 Å². The number of hydrogen-bond donors (Lipinski definition) is 3. The highest BCUT2D eigenvalue weighted by atomic mass is 16.3. The third-order valence-electron chi connectivity index (χ3n) is 10.4. The zero-order valence-corrected chi connectivity index (χ0v) is 18.4. The Balaban J connectivity index is 1.45. The first-order valence-corrected chi connectivity index (χ1v) is 12.5. The van der Waals surface area contributed by atoms with Crippen LogP contribution in [0.4, 0.5) is 0 Å². The molecule has 0 aromatic carbocycles. The molecular formula is C25H45NO2. The minimum atomic E-state index is -0.0815. The van der Waals surface area contributed by atoms with Gasteiger partial charge < -0.3 is 15.9 Å². The highest BCUT2D eigenvalue weighted by molar-refractivity contribution is 5.10. The first-order valence-electron chi connectivity index (χ1n) is 12.5. The predicted molar refractivity (Wildman–Crippen MR) is 115 cm³/mol. The number of unbranched alkanes of at least 4 members (excludes halogenated alkanes) is 3. The average molecular weight is 392 g/mol. The van der Waals surface area contributed by atoms with Crippen LogP contribution in [0.3, 0.4) is 0 Å². The summed E-state index contributed by atoms with van der Waals surface area (Å²) in [6.07, 6.45) is 15.6. The summed E-state index contributed by atoms with van der Waals surface area (Å²) in [4.78, 5) is 0. The van der Waals surface area contributed by atoms with Gasteiger partial charge in [-0.3, -0.25) is 0 Å². The fourth-order valence-electron chi connectivity index (χ4n) is 8.74. The van der Waals surface area contributed by atoms with Gasteiger partial charge in [0.1, 0.15) is 0 Å². The van der Waals surface area contributed by atoms with Gasteiger partial charge in [-0.2, -0.15) is 0 Å². The molecule has 4 aliphatic carbocycles. The summed E-state index contributed by atoms with van der Waals surface area (Å²) >= 11 is 0. The molecule has 0 saturated heterocycles. The zero-order valence-electron chi connectivity index (χ0n) is 18.4. The number of nitrogens with two attached hydrogens (primary N) is 1. The lowest BCUT2D eigenvalue weighted by Crippen LogP contribution is -2.53. The van der Waals surface area contributed by atoms with E-state index in [1.54, 1.807) is 0 Å². The molecule has 4 fully saturated rings. The Labute approximate surface area is 172 Å². The molecule has 28 heavy (non-hydrogen) atoms. The molecule has 3 nitrogen and oxygen atoms in total.